The normalized spacial score (nSPS) is 33.0. The molecule has 0 aliphatic heterocycles. The molecule has 1 amide bonds. The number of benzene rings is 1. The van der Waals surface area contributed by atoms with Crippen molar-refractivity contribution in [3.63, 3.8) is 0 Å². The van der Waals surface area contributed by atoms with E-state index in [2.05, 4.69) is 17.0 Å². The second kappa shape index (κ2) is 6.89. The summed E-state index contributed by atoms with van der Waals surface area (Å²) in [4.78, 5) is 12.9. The lowest BCUT2D eigenvalue weighted by molar-refractivity contribution is -0.0688. The molecule has 5 rings (SSSR count). The minimum Gasteiger partial charge on any atom is -0.349 e. The van der Waals surface area contributed by atoms with Gasteiger partial charge in [0.25, 0.3) is 5.91 Å². The standard InChI is InChI=1S/C21H30N2O3S/c1-3-22-27(25,26)19-6-4-18(5-7-19)20(24)23-14(2)21-11-15-8-16(12-21)10-17(9-15)13-21/h4-7,14-17,22H,3,8-13H2,1-2H3,(H,23,24)/t14-,15?,16?,17?,21?/m0/s1. The van der Waals surface area contributed by atoms with Gasteiger partial charge in [-0.15, -0.1) is 0 Å². The Labute approximate surface area is 162 Å². The van der Waals surface area contributed by atoms with E-state index in [0.29, 0.717) is 12.1 Å². The maximum atomic E-state index is 12.8. The summed E-state index contributed by atoms with van der Waals surface area (Å²) in [5.74, 6) is 2.45. The minimum atomic E-state index is -3.49. The van der Waals surface area contributed by atoms with Crippen LogP contribution in [0, 0.1) is 23.2 Å². The van der Waals surface area contributed by atoms with Gasteiger partial charge in [0.2, 0.25) is 10.0 Å². The van der Waals surface area contributed by atoms with E-state index < -0.39 is 10.0 Å². The molecule has 0 heterocycles. The second-order valence-corrected chi connectivity index (χ2v) is 10.8. The summed E-state index contributed by atoms with van der Waals surface area (Å²) in [6.45, 7) is 4.24. The molecule has 0 unspecified atom stereocenters. The molecule has 2 N–H and O–H groups in total. The topological polar surface area (TPSA) is 75.3 Å². The minimum absolute atomic E-state index is 0.106. The highest BCUT2D eigenvalue weighted by atomic mass is 32.2. The lowest BCUT2D eigenvalue weighted by Crippen LogP contribution is -2.55. The molecule has 4 bridgehead atoms. The summed E-state index contributed by atoms with van der Waals surface area (Å²) >= 11 is 0. The van der Waals surface area contributed by atoms with E-state index in [1.807, 2.05) is 0 Å². The zero-order valence-corrected chi connectivity index (χ0v) is 17.0. The first-order valence-electron chi connectivity index (χ1n) is 10.2. The molecule has 1 atom stereocenters. The van der Waals surface area contributed by atoms with Crippen molar-refractivity contribution < 1.29 is 13.2 Å². The molecule has 6 heteroatoms. The fourth-order valence-electron chi connectivity index (χ4n) is 6.20. The van der Waals surface area contributed by atoms with Gasteiger partial charge in [-0.3, -0.25) is 4.79 Å². The van der Waals surface area contributed by atoms with Crippen LogP contribution >= 0.6 is 0 Å². The van der Waals surface area contributed by atoms with E-state index in [0.717, 1.165) is 17.8 Å². The molecule has 1 aromatic rings. The van der Waals surface area contributed by atoms with Gasteiger partial charge in [-0.25, -0.2) is 13.1 Å². The van der Waals surface area contributed by atoms with E-state index in [1.165, 1.54) is 50.7 Å². The molecule has 5 nitrogen and oxygen atoms in total. The molecule has 4 aliphatic carbocycles. The Kier molecular flexibility index (Phi) is 4.83. The first kappa shape index (κ1) is 18.9. The largest absolute Gasteiger partial charge is 0.349 e. The molecular weight excluding hydrogens is 360 g/mol. The van der Waals surface area contributed by atoms with E-state index in [9.17, 15) is 13.2 Å². The summed E-state index contributed by atoms with van der Waals surface area (Å²) in [5, 5.41) is 3.23. The van der Waals surface area contributed by atoms with E-state index >= 15 is 0 Å². The Morgan fingerprint density at radius 1 is 1.07 bits per heavy atom. The third kappa shape index (κ3) is 3.54. The predicted molar refractivity (Wildman–Crippen MR) is 105 cm³/mol. The summed E-state index contributed by atoms with van der Waals surface area (Å²) in [6, 6.07) is 6.37. The van der Waals surface area contributed by atoms with Crippen LogP contribution in [0.4, 0.5) is 0 Å². The van der Waals surface area contributed by atoms with Crippen molar-refractivity contribution in [2.45, 2.75) is 63.3 Å². The zero-order chi connectivity index (χ0) is 19.2. The van der Waals surface area contributed by atoms with Crippen molar-refractivity contribution in [2.75, 3.05) is 6.54 Å². The summed E-state index contributed by atoms with van der Waals surface area (Å²) in [7, 11) is -3.49. The Morgan fingerprint density at radius 2 is 1.59 bits per heavy atom. The molecule has 0 radical (unpaired) electrons. The van der Waals surface area contributed by atoms with Gasteiger partial charge in [-0.1, -0.05) is 6.92 Å². The molecule has 148 valence electrons. The monoisotopic (exact) mass is 390 g/mol. The molecule has 0 saturated heterocycles. The Balaban J connectivity index is 1.45. The van der Waals surface area contributed by atoms with Crippen molar-refractivity contribution in [1.29, 1.82) is 0 Å². The average Bonchev–Trinajstić information content (AvgIpc) is 2.60. The molecule has 4 fully saturated rings. The fourth-order valence-corrected chi connectivity index (χ4v) is 7.24. The summed E-state index contributed by atoms with van der Waals surface area (Å²) in [6.07, 6.45) is 7.92. The van der Waals surface area contributed by atoms with Gasteiger partial charge in [0, 0.05) is 18.2 Å². The molecule has 4 aliphatic rings. The zero-order valence-electron chi connectivity index (χ0n) is 16.2. The van der Waals surface area contributed by atoms with Crippen LogP contribution in [-0.2, 0) is 10.0 Å². The average molecular weight is 391 g/mol. The van der Waals surface area contributed by atoms with Crippen LogP contribution in [0.1, 0.15) is 62.7 Å². The Bertz CT molecular complexity index is 781. The highest BCUT2D eigenvalue weighted by Crippen LogP contribution is 2.61. The van der Waals surface area contributed by atoms with Crippen molar-refractivity contribution in [2.24, 2.45) is 23.2 Å². The number of sulfonamides is 1. The van der Waals surface area contributed by atoms with E-state index in [4.69, 9.17) is 0 Å². The second-order valence-electron chi connectivity index (χ2n) is 9.00. The predicted octanol–water partition coefficient (Wildman–Crippen LogP) is 3.32. The van der Waals surface area contributed by atoms with Crippen LogP contribution in [0.2, 0.25) is 0 Å². The number of carbonyl (C=O) groups excluding carboxylic acids is 1. The number of hydrogen-bond donors (Lipinski definition) is 2. The van der Waals surface area contributed by atoms with Crippen LogP contribution in [-0.4, -0.2) is 26.9 Å². The quantitative estimate of drug-likeness (QED) is 0.782. The van der Waals surface area contributed by atoms with Crippen LogP contribution in [0.25, 0.3) is 0 Å². The first-order valence-corrected chi connectivity index (χ1v) is 11.7. The van der Waals surface area contributed by atoms with E-state index in [-0.39, 0.29) is 22.3 Å². The van der Waals surface area contributed by atoms with Crippen molar-refractivity contribution in [3.8, 4) is 0 Å². The van der Waals surface area contributed by atoms with Crippen LogP contribution in [0.15, 0.2) is 29.2 Å². The number of nitrogens with one attached hydrogen (secondary N) is 2. The van der Waals surface area contributed by atoms with Crippen LogP contribution in [0.5, 0.6) is 0 Å². The van der Waals surface area contributed by atoms with Crippen molar-refractivity contribution in [1.82, 2.24) is 10.0 Å². The SMILES string of the molecule is CCNS(=O)(=O)c1ccc(C(=O)N[C@@H](C)C23CC4CC(CC(C4)C2)C3)cc1. The van der Waals surface area contributed by atoms with Crippen molar-refractivity contribution >= 4 is 15.9 Å². The first-order chi connectivity index (χ1) is 12.8. The third-order valence-corrected chi connectivity index (χ3v) is 8.67. The molecule has 0 aromatic heterocycles. The van der Waals surface area contributed by atoms with Gasteiger partial charge < -0.3 is 5.32 Å². The molecule has 4 saturated carbocycles. The van der Waals surface area contributed by atoms with Gasteiger partial charge in [0.15, 0.2) is 0 Å². The number of amides is 1. The van der Waals surface area contributed by atoms with Gasteiger partial charge >= 0.3 is 0 Å². The fraction of sp³-hybridized carbons (Fsp3) is 0.667. The van der Waals surface area contributed by atoms with Crippen molar-refractivity contribution in [3.05, 3.63) is 29.8 Å². The lowest BCUT2D eigenvalue weighted by atomic mass is 9.48. The highest BCUT2D eigenvalue weighted by Gasteiger charge is 2.53. The number of hydrogen-bond acceptors (Lipinski definition) is 3. The van der Waals surface area contributed by atoms with E-state index in [1.54, 1.807) is 19.1 Å². The summed E-state index contributed by atoms with van der Waals surface area (Å²) < 4.78 is 26.5. The lowest BCUT2D eigenvalue weighted by Gasteiger charge is -2.59. The smallest absolute Gasteiger partial charge is 0.251 e. The maximum Gasteiger partial charge on any atom is 0.251 e. The molecular formula is C21H30N2O3S. The van der Waals surface area contributed by atoms with Crippen LogP contribution in [0.3, 0.4) is 0 Å². The number of carbonyl (C=O) groups is 1. The Morgan fingerprint density at radius 3 is 2.07 bits per heavy atom. The Hall–Kier alpha value is -1.40. The highest BCUT2D eigenvalue weighted by molar-refractivity contribution is 7.89. The maximum absolute atomic E-state index is 12.8. The van der Waals surface area contributed by atoms with Gasteiger partial charge in [0.1, 0.15) is 0 Å². The molecule has 27 heavy (non-hydrogen) atoms. The number of rotatable bonds is 6. The van der Waals surface area contributed by atoms with Gasteiger partial charge in [-0.05, 0) is 92.9 Å². The molecule has 1 aromatic carbocycles. The molecule has 0 spiro atoms. The van der Waals surface area contributed by atoms with Gasteiger partial charge in [0.05, 0.1) is 4.90 Å². The summed E-state index contributed by atoms with van der Waals surface area (Å²) in [5.41, 5.74) is 0.778. The van der Waals surface area contributed by atoms with Crippen LogP contribution < -0.4 is 10.0 Å². The van der Waals surface area contributed by atoms with Gasteiger partial charge in [-0.2, -0.15) is 0 Å². The third-order valence-electron chi connectivity index (χ3n) is 7.11.